The van der Waals surface area contributed by atoms with E-state index in [0.29, 0.717) is 0 Å². The molecule has 7 rings (SSSR count). The molecule has 0 saturated carbocycles. The van der Waals surface area contributed by atoms with Crippen LogP contribution in [-0.2, 0) is 102 Å². The average Bonchev–Trinajstić information content (AvgIpc) is 0.751. The van der Waals surface area contributed by atoms with E-state index in [1.54, 1.807) is 0 Å². The van der Waals surface area contributed by atoms with Gasteiger partial charge in [0.15, 0.2) is 37.7 Å². The smallest absolute Gasteiger partial charge is 0.477 e. The fourth-order valence-corrected chi connectivity index (χ4v) is 15.3. The van der Waals surface area contributed by atoms with Crippen LogP contribution in [0.2, 0.25) is 0 Å². The van der Waals surface area contributed by atoms with Gasteiger partial charge in [-0.2, -0.15) is 4.31 Å². The Balaban J connectivity index is 1.48. The summed E-state index contributed by atoms with van der Waals surface area (Å²) in [5.74, 6) is -6.23. The topological polar surface area (TPSA) is 853 Å². The third-order valence-corrected chi connectivity index (χ3v) is 21.3. The molecule has 52 nitrogen and oxygen atoms in total. The first kappa shape index (κ1) is 91.5. The SMILES string of the molecule is NCCOP(=O)(O)O[C@H]1[C@H](O)[C@@H]([C@@H](O)CO)O[C@H](O[C@@H]2[C@H](O)[C@@H](O[C@H]3[C@@H]([C@H](O)CO)O[C@@](O)(C(=O)O)C[C@H]3OP(=O)(O)OP(=O)(O)OCCN)O[C@H]([C@H](CO)O[C@H]3O[C@H](CO)[C@@H](O)[C@H](O)[C@H]3O)[C@H]2O[C@@H]2O[C@H](CO)[C@@H](O[C@@H]3O[C@H](CO)[C@H](O)[C@H](O)[C@H]3O)[C@H](O)[C@H]2O)[C@H]1O[C@H]1O[C@H]([C@@H](O)CO)[C@@H](O)[C@H](O)[C@@H]1O. The molecule has 106 heavy (non-hydrogen) atoms. The van der Waals surface area contributed by atoms with Gasteiger partial charge in [-0.1, -0.05) is 0 Å². The van der Waals surface area contributed by atoms with Crippen LogP contribution in [0.5, 0.6) is 0 Å². The summed E-state index contributed by atoms with van der Waals surface area (Å²) >= 11 is 0. The number of aliphatic hydroxyl groups is 24. The van der Waals surface area contributed by atoms with Gasteiger partial charge in [-0.25, -0.2) is 18.5 Å². The number of nitrogens with two attached hydrogens (primary N) is 2. The number of phosphoric ester groups is 3. The second kappa shape index (κ2) is 39.1. The van der Waals surface area contributed by atoms with Crippen molar-refractivity contribution in [2.45, 2.75) is 239 Å². The van der Waals surface area contributed by atoms with Gasteiger partial charge in [-0.05, 0) is 0 Å². The summed E-state index contributed by atoms with van der Waals surface area (Å²) in [6.07, 6.45) is -95.7. The highest BCUT2D eigenvalue weighted by Crippen LogP contribution is 2.62. The number of carbonyl (C=O) groups is 1. The summed E-state index contributed by atoms with van der Waals surface area (Å²) in [5, 5.41) is 276. The predicted molar refractivity (Wildman–Crippen MR) is 319 cm³/mol. The van der Waals surface area contributed by atoms with Crippen LogP contribution in [0.4, 0.5) is 0 Å². The maximum atomic E-state index is 13.9. The molecular formula is C51H93N2O50P3. The maximum absolute atomic E-state index is 13.9. The molecular weight excluding hydrogens is 1530 g/mol. The van der Waals surface area contributed by atoms with Crippen LogP contribution in [0.3, 0.4) is 0 Å². The largest absolute Gasteiger partial charge is 0.481 e. The fourth-order valence-electron chi connectivity index (χ4n) is 12.1. The van der Waals surface area contributed by atoms with Crippen LogP contribution >= 0.6 is 23.5 Å². The van der Waals surface area contributed by atoms with Crippen molar-refractivity contribution in [1.82, 2.24) is 0 Å². The van der Waals surface area contributed by atoms with Gasteiger partial charge in [0.2, 0.25) is 0 Å². The highest BCUT2D eigenvalue weighted by Gasteiger charge is 2.64. The molecule has 7 saturated heterocycles. The molecule has 3 unspecified atom stereocenters. The van der Waals surface area contributed by atoms with Gasteiger partial charge in [0.1, 0.15) is 189 Å². The molecule has 0 amide bonds. The molecule has 0 spiro atoms. The Morgan fingerprint density at radius 3 is 1.35 bits per heavy atom. The molecule has 0 aromatic heterocycles. The number of hydrogen-bond acceptors (Lipinski definition) is 48. The summed E-state index contributed by atoms with van der Waals surface area (Å²) in [5.41, 5.74) is 10.8. The zero-order valence-electron chi connectivity index (χ0n) is 54.8. The number of ether oxygens (including phenoxy) is 13. The Morgan fingerprint density at radius 2 is 0.830 bits per heavy atom. The lowest BCUT2D eigenvalue weighted by atomic mass is 9.91. The lowest BCUT2D eigenvalue weighted by Gasteiger charge is -2.53. The first-order chi connectivity index (χ1) is 49.7. The van der Waals surface area contributed by atoms with E-state index in [4.69, 9.17) is 86.6 Å². The number of carboxylic acid groups (broad SMARTS) is 1. The number of aliphatic carboxylic acids is 1. The van der Waals surface area contributed by atoms with E-state index in [9.17, 15) is 161 Å². The predicted octanol–water partition coefficient (Wildman–Crippen LogP) is -18.0. The van der Waals surface area contributed by atoms with Crippen molar-refractivity contribution in [1.29, 1.82) is 0 Å². The Kier molecular flexibility index (Phi) is 33.7. The first-order valence-electron chi connectivity index (χ1n) is 32.1. The summed E-state index contributed by atoms with van der Waals surface area (Å²) < 4.78 is 141. The average molecular weight is 1630 g/mol. The normalized spacial score (nSPS) is 45.6. The molecule has 41 atom stereocenters. The van der Waals surface area contributed by atoms with E-state index in [0.717, 1.165) is 0 Å². The molecule has 0 bridgehead atoms. The maximum Gasteiger partial charge on any atom is 0.481 e. The van der Waals surface area contributed by atoms with Crippen LogP contribution in [0.1, 0.15) is 6.42 Å². The van der Waals surface area contributed by atoms with E-state index >= 15 is 0 Å². The molecule has 7 aliphatic heterocycles. The van der Waals surface area contributed by atoms with Crippen LogP contribution in [-0.4, -0.2) is 454 Å². The van der Waals surface area contributed by atoms with E-state index in [2.05, 4.69) is 8.83 Å². The van der Waals surface area contributed by atoms with Crippen molar-refractivity contribution in [3.63, 3.8) is 0 Å². The van der Waals surface area contributed by atoms with Crippen molar-refractivity contribution in [2.24, 2.45) is 11.5 Å². The molecule has 32 N–H and O–H groups in total. The highest BCUT2D eigenvalue weighted by molar-refractivity contribution is 7.61. The Hall–Kier alpha value is -1.72. The monoisotopic (exact) mass is 1630 g/mol. The minimum Gasteiger partial charge on any atom is -0.477 e. The molecule has 0 aromatic carbocycles. The second-order valence-electron chi connectivity index (χ2n) is 24.9. The van der Waals surface area contributed by atoms with Crippen molar-refractivity contribution < 1.29 is 245 Å². The van der Waals surface area contributed by atoms with Gasteiger partial charge >= 0.3 is 29.4 Å². The van der Waals surface area contributed by atoms with Crippen molar-refractivity contribution in [3.8, 4) is 0 Å². The number of hydrogen-bond donors (Lipinski definition) is 30. The van der Waals surface area contributed by atoms with Gasteiger partial charge in [0, 0.05) is 19.5 Å². The minimum absolute atomic E-state index is 0.552. The highest BCUT2D eigenvalue weighted by atomic mass is 31.3. The number of rotatable bonds is 36. The second-order valence-corrected chi connectivity index (χ2v) is 29.3. The molecule has 7 heterocycles. The van der Waals surface area contributed by atoms with Gasteiger partial charge < -0.3 is 215 Å². The molecule has 622 valence electrons. The Labute approximate surface area is 596 Å². The minimum atomic E-state index is -6.40. The van der Waals surface area contributed by atoms with Crippen LogP contribution in [0, 0.1) is 0 Å². The Bertz CT molecular complexity index is 2860. The summed E-state index contributed by atoms with van der Waals surface area (Å²) in [6, 6.07) is 0. The molecule has 0 radical (unpaired) electrons. The quantitative estimate of drug-likeness (QED) is 0.0259. The number of phosphoric acid groups is 3. The molecule has 7 fully saturated rings. The Morgan fingerprint density at radius 1 is 0.415 bits per heavy atom. The van der Waals surface area contributed by atoms with Crippen LogP contribution in [0.25, 0.3) is 0 Å². The van der Waals surface area contributed by atoms with E-state index < -0.39 is 341 Å². The van der Waals surface area contributed by atoms with Gasteiger partial charge in [0.25, 0.3) is 5.79 Å². The number of carboxylic acids is 1. The third kappa shape index (κ3) is 21.2. The van der Waals surface area contributed by atoms with E-state index in [1.807, 2.05) is 0 Å². The van der Waals surface area contributed by atoms with Crippen LogP contribution < -0.4 is 11.5 Å². The van der Waals surface area contributed by atoms with Crippen molar-refractivity contribution >= 4 is 29.4 Å². The van der Waals surface area contributed by atoms with Crippen molar-refractivity contribution in [3.05, 3.63) is 0 Å². The van der Waals surface area contributed by atoms with Gasteiger partial charge in [-0.15, -0.1) is 0 Å². The molecule has 55 heteroatoms. The summed E-state index contributed by atoms with van der Waals surface area (Å²) in [6.45, 7) is -12.6. The molecule has 0 aromatic rings. The standard InChI is InChI=1S/C51H93N2O50P3/c52-1-3-86-104(80,81)102-41-32(75)35(14(62)7-55)93-49(43(41)99-47-30(73)25(68)26(69)34(92-47)13(61)6-54)97-40-33(76)48(95-38-16(101-106(84,85)103-105(82,83)87-4-2-53)5-51(79,50(77)78)100-36(38)15(63)8-56)96-39(20(12-60)91-44-28(71)23(66)21(64)17(9-57)88-44)42(40)98-46-31(74)27(70)37(19(11-59)90-46)94-45-29(72)24(67)22(65)18(10-58)89-45/h13-49,54-76,79H,1-12,52-53H2,(H,77,78)(H,80,81)(H,82,83)(H,84,85)/t13-,14-,15+,16+,17+,18+,19+,20-,21+,22-,23-,24-,25-,26-,27+,28+,29+,30-,31+,32+,33-,34+,35+,36+,37+,38+,39+,40+,41-,42+,43-,44+,45-,46-,47+,48-,49+,51+/m0/s1. The van der Waals surface area contributed by atoms with Gasteiger partial charge in [-0.3, -0.25) is 18.1 Å². The lowest BCUT2D eigenvalue weighted by Crippen LogP contribution is -2.71. The van der Waals surface area contributed by atoms with E-state index in [1.165, 1.54) is 0 Å². The number of aliphatic hydroxyl groups excluding tert-OH is 23. The first-order valence-corrected chi connectivity index (χ1v) is 36.6. The lowest BCUT2D eigenvalue weighted by molar-refractivity contribution is -0.420. The van der Waals surface area contributed by atoms with E-state index in [-0.39, 0.29) is 0 Å². The molecule has 0 aliphatic carbocycles. The zero-order valence-corrected chi connectivity index (χ0v) is 57.5. The van der Waals surface area contributed by atoms with Crippen LogP contribution in [0.15, 0.2) is 0 Å². The fraction of sp³-hybridized carbons (Fsp3) is 0.980. The van der Waals surface area contributed by atoms with Crippen molar-refractivity contribution in [2.75, 3.05) is 72.6 Å². The zero-order chi connectivity index (χ0) is 79.2. The third-order valence-electron chi connectivity index (χ3n) is 17.6. The summed E-state index contributed by atoms with van der Waals surface area (Å²) in [4.78, 5) is 45.3. The summed E-state index contributed by atoms with van der Waals surface area (Å²) in [7, 11) is -18.0. The van der Waals surface area contributed by atoms with Gasteiger partial charge in [0.05, 0.1) is 59.5 Å². The molecule has 7 aliphatic rings.